The maximum absolute atomic E-state index is 11.4. The highest BCUT2D eigenvalue weighted by Crippen LogP contribution is 2.18. The van der Waals surface area contributed by atoms with Crippen molar-refractivity contribution < 1.29 is 4.79 Å². The summed E-state index contributed by atoms with van der Waals surface area (Å²) in [5.41, 5.74) is 0. The lowest BCUT2D eigenvalue weighted by Gasteiger charge is -2.05. The Morgan fingerprint density at radius 3 is 3.00 bits per heavy atom. The minimum absolute atomic E-state index is 0.198. The van der Waals surface area contributed by atoms with Crippen LogP contribution < -0.4 is 10.6 Å². The maximum Gasteiger partial charge on any atom is 0.220 e. The molecule has 5 nitrogen and oxygen atoms in total. The van der Waals surface area contributed by atoms with Gasteiger partial charge in [0.05, 0.1) is 0 Å². The van der Waals surface area contributed by atoms with Gasteiger partial charge in [0.25, 0.3) is 0 Å². The number of rotatable bonds is 8. The fraction of sp³-hybridized carbons (Fsp3) is 0.692. The van der Waals surface area contributed by atoms with Gasteiger partial charge in [0.2, 0.25) is 5.91 Å². The third kappa shape index (κ3) is 4.49. The second kappa shape index (κ2) is 6.54. The monoisotopic (exact) mass is 250 g/mol. The average molecular weight is 250 g/mol. The number of carbonyl (C=O) groups excluding carboxylic acids is 1. The van der Waals surface area contributed by atoms with Gasteiger partial charge in [-0.3, -0.25) is 4.79 Å². The van der Waals surface area contributed by atoms with Crippen LogP contribution in [-0.2, 0) is 18.3 Å². The van der Waals surface area contributed by atoms with E-state index in [4.69, 9.17) is 0 Å². The van der Waals surface area contributed by atoms with E-state index in [1.54, 1.807) is 0 Å². The molecular weight excluding hydrogens is 228 g/mol. The molecule has 0 aliphatic heterocycles. The van der Waals surface area contributed by atoms with Crippen LogP contribution in [0.2, 0.25) is 0 Å². The minimum atomic E-state index is 0.198. The summed E-state index contributed by atoms with van der Waals surface area (Å²) in [6.07, 6.45) is 8.55. The minimum Gasteiger partial charge on any atom is -0.353 e. The number of hydrogen-bond acceptors (Lipinski definition) is 3. The lowest BCUT2D eigenvalue weighted by Crippen LogP contribution is -2.27. The summed E-state index contributed by atoms with van der Waals surface area (Å²) in [7, 11) is 2.00. The smallest absolute Gasteiger partial charge is 0.220 e. The largest absolute Gasteiger partial charge is 0.353 e. The van der Waals surface area contributed by atoms with E-state index in [0.717, 1.165) is 44.6 Å². The van der Waals surface area contributed by atoms with Crippen LogP contribution in [0, 0.1) is 0 Å². The Morgan fingerprint density at radius 2 is 2.33 bits per heavy atom. The number of nitrogens with zero attached hydrogens (tertiary/aromatic N) is 2. The summed E-state index contributed by atoms with van der Waals surface area (Å²) in [6, 6.07) is 0.480. The van der Waals surface area contributed by atoms with Gasteiger partial charge in [-0.2, -0.15) is 0 Å². The van der Waals surface area contributed by atoms with Crippen molar-refractivity contribution in [3.8, 4) is 0 Å². The van der Waals surface area contributed by atoms with Crippen LogP contribution in [0.4, 0.5) is 0 Å². The van der Waals surface area contributed by atoms with Gasteiger partial charge >= 0.3 is 0 Å². The van der Waals surface area contributed by atoms with Crippen molar-refractivity contribution in [2.24, 2.45) is 7.05 Å². The highest BCUT2D eigenvalue weighted by molar-refractivity contribution is 5.76. The second-order valence-electron chi connectivity index (χ2n) is 4.90. The van der Waals surface area contributed by atoms with Gasteiger partial charge in [0, 0.05) is 44.9 Å². The first-order valence-corrected chi connectivity index (χ1v) is 6.72. The lowest BCUT2D eigenvalue weighted by molar-refractivity contribution is -0.121. The molecule has 100 valence electrons. The zero-order chi connectivity index (χ0) is 12.8. The fourth-order valence-corrected chi connectivity index (χ4v) is 1.86. The van der Waals surface area contributed by atoms with Gasteiger partial charge < -0.3 is 15.2 Å². The molecule has 5 heteroatoms. The highest BCUT2D eigenvalue weighted by atomic mass is 16.1. The molecule has 1 aliphatic carbocycles. The summed E-state index contributed by atoms with van der Waals surface area (Å²) in [5, 5.41) is 6.34. The Morgan fingerprint density at radius 1 is 1.50 bits per heavy atom. The molecule has 1 aromatic rings. The lowest BCUT2D eigenvalue weighted by atomic mass is 10.3. The molecule has 0 aromatic carbocycles. The van der Waals surface area contributed by atoms with Crippen molar-refractivity contribution in [2.75, 3.05) is 13.1 Å². The quantitative estimate of drug-likeness (QED) is 0.665. The number of carbonyl (C=O) groups is 1. The number of aryl methyl sites for hydroxylation is 1. The molecule has 0 atom stereocenters. The Labute approximate surface area is 108 Å². The fourth-order valence-electron chi connectivity index (χ4n) is 1.86. The van der Waals surface area contributed by atoms with Gasteiger partial charge in [-0.25, -0.2) is 4.98 Å². The van der Waals surface area contributed by atoms with E-state index >= 15 is 0 Å². The van der Waals surface area contributed by atoms with E-state index in [0.29, 0.717) is 12.5 Å². The molecule has 18 heavy (non-hydrogen) atoms. The second-order valence-corrected chi connectivity index (χ2v) is 4.90. The molecule has 2 rings (SSSR count). The highest BCUT2D eigenvalue weighted by Gasteiger charge is 2.22. The zero-order valence-electron chi connectivity index (χ0n) is 11.0. The predicted octanol–water partition coefficient (Wildman–Crippen LogP) is 0.611. The normalized spacial score (nSPS) is 14.7. The standard InChI is InChI=1S/C13H22N4O/c1-17-10-9-15-12(17)6-8-14-7-2-3-13(18)16-11-4-5-11/h9-11,14H,2-8H2,1H3,(H,16,18). The zero-order valence-corrected chi connectivity index (χ0v) is 11.0. The molecule has 2 N–H and O–H groups in total. The maximum atomic E-state index is 11.4. The van der Waals surface area contributed by atoms with Crippen LogP contribution in [0.15, 0.2) is 12.4 Å². The number of imidazole rings is 1. The SMILES string of the molecule is Cn1ccnc1CCNCCCC(=O)NC1CC1. The first-order chi connectivity index (χ1) is 8.75. The first kappa shape index (κ1) is 13.1. The van der Waals surface area contributed by atoms with Crippen molar-refractivity contribution in [1.82, 2.24) is 20.2 Å². The molecule has 1 saturated carbocycles. The number of aromatic nitrogens is 2. The van der Waals surface area contributed by atoms with Crippen molar-refractivity contribution in [1.29, 1.82) is 0 Å². The molecule has 0 bridgehead atoms. The van der Waals surface area contributed by atoms with Crippen molar-refractivity contribution >= 4 is 5.91 Å². The van der Waals surface area contributed by atoms with Crippen LogP contribution in [0.25, 0.3) is 0 Å². The molecule has 0 saturated heterocycles. The van der Waals surface area contributed by atoms with Crippen LogP contribution in [0.1, 0.15) is 31.5 Å². The number of nitrogens with one attached hydrogen (secondary N) is 2. The van der Waals surface area contributed by atoms with Crippen LogP contribution in [0.5, 0.6) is 0 Å². The third-order valence-corrected chi connectivity index (χ3v) is 3.15. The molecule has 0 spiro atoms. The van der Waals surface area contributed by atoms with Crippen LogP contribution in [-0.4, -0.2) is 34.6 Å². The topological polar surface area (TPSA) is 59.0 Å². The van der Waals surface area contributed by atoms with Gasteiger partial charge in [0.15, 0.2) is 0 Å². The average Bonchev–Trinajstić information content (AvgIpc) is 3.06. The number of amides is 1. The van der Waals surface area contributed by atoms with E-state index in [1.807, 2.05) is 24.0 Å². The van der Waals surface area contributed by atoms with E-state index in [-0.39, 0.29) is 5.91 Å². The molecule has 1 amide bonds. The molecule has 1 aliphatic rings. The van der Waals surface area contributed by atoms with Crippen molar-refractivity contribution in [3.63, 3.8) is 0 Å². The van der Waals surface area contributed by atoms with E-state index < -0.39 is 0 Å². The molecular formula is C13H22N4O. The summed E-state index contributed by atoms with van der Waals surface area (Å²) in [5.74, 6) is 1.29. The van der Waals surface area contributed by atoms with Gasteiger partial charge in [-0.15, -0.1) is 0 Å². The molecule has 1 fully saturated rings. The summed E-state index contributed by atoms with van der Waals surface area (Å²) >= 11 is 0. The van der Waals surface area contributed by atoms with Crippen LogP contribution >= 0.6 is 0 Å². The van der Waals surface area contributed by atoms with Gasteiger partial charge in [0.1, 0.15) is 5.82 Å². The Balaban J connectivity index is 1.46. The van der Waals surface area contributed by atoms with E-state index in [1.165, 1.54) is 0 Å². The third-order valence-electron chi connectivity index (χ3n) is 3.15. The molecule has 1 aromatic heterocycles. The summed E-state index contributed by atoms with van der Waals surface area (Å²) in [6.45, 7) is 1.80. The van der Waals surface area contributed by atoms with Gasteiger partial charge in [-0.1, -0.05) is 0 Å². The molecule has 1 heterocycles. The first-order valence-electron chi connectivity index (χ1n) is 6.72. The predicted molar refractivity (Wildman–Crippen MR) is 70.2 cm³/mol. The Bertz CT molecular complexity index is 384. The summed E-state index contributed by atoms with van der Waals surface area (Å²) < 4.78 is 2.03. The Kier molecular flexibility index (Phi) is 4.75. The van der Waals surface area contributed by atoms with Crippen molar-refractivity contribution in [3.05, 3.63) is 18.2 Å². The van der Waals surface area contributed by atoms with E-state index in [2.05, 4.69) is 15.6 Å². The number of hydrogen-bond donors (Lipinski definition) is 2. The van der Waals surface area contributed by atoms with Crippen LogP contribution in [0.3, 0.4) is 0 Å². The molecule has 0 unspecified atom stereocenters. The summed E-state index contributed by atoms with van der Waals surface area (Å²) in [4.78, 5) is 15.7. The van der Waals surface area contributed by atoms with Gasteiger partial charge in [-0.05, 0) is 25.8 Å². The molecule has 0 radical (unpaired) electrons. The van der Waals surface area contributed by atoms with E-state index in [9.17, 15) is 4.79 Å². The van der Waals surface area contributed by atoms with Crippen molar-refractivity contribution in [2.45, 2.75) is 38.1 Å². The Hall–Kier alpha value is -1.36.